The molecule has 0 radical (unpaired) electrons. The molecule has 1 aliphatic carbocycles. The van der Waals surface area contributed by atoms with Crippen LogP contribution in [0.4, 0.5) is 0 Å². The van der Waals surface area contributed by atoms with Gasteiger partial charge in [0.15, 0.2) is 0 Å². The van der Waals surface area contributed by atoms with Crippen molar-refractivity contribution in [3.05, 3.63) is 35.4 Å². The Morgan fingerprint density at radius 3 is 2.78 bits per heavy atom. The summed E-state index contributed by atoms with van der Waals surface area (Å²) in [6, 6.07) is 8.80. The Kier molecular flexibility index (Phi) is 4.80. The average molecular weight is 245 g/mol. The van der Waals surface area contributed by atoms with E-state index in [1.54, 1.807) is 5.56 Å². The Morgan fingerprint density at radius 1 is 1.33 bits per heavy atom. The Morgan fingerprint density at radius 2 is 2.11 bits per heavy atom. The van der Waals surface area contributed by atoms with Crippen molar-refractivity contribution in [2.45, 2.75) is 51.4 Å². The Hall–Kier alpha value is -1.31. The van der Waals surface area contributed by atoms with Gasteiger partial charge in [0, 0.05) is 13.0 Å². The number of benzene rings is 1. The maximum atomic E-state index is 11.1. The third-order valence-electron chi connectivity index (χ3n) is 3.87. The van der Waals surface area contributed by atoms with Crippen LogP contribution in [0.2, 0.25) is 0 Å². The number of aryl methyl sites for hydroxylation is 1. The highest BCUT2D eigenvalue weighted by Gasteiger charge is 2.21. The lowest BCUT2D eigenvalue weighted by molar-refractivity contribution is -0.120. The summed E-state index contributed by atoms with van der Waals surface area (Å²) in [6.07, 6.45) is 6.78. The van der Waals surface area contributed by atoms with Crippen molar-refractivity contribution in [2.24, 2.45) is 0 Å². The Bertz CT molecular complexity index is 396. The Labute approximate surface area is 110 Å². The lowest BCUT2D eigenvalue weighted by atomic mass is 9.77. The number of rotatable bonds is 6. The molecule has 2 nitrogen and oxygen atoms in total. The number of hydrogen-bond donors (Lipinski definition) is 1. The van der Waals surface area contributed by atoms with E-state index in [9.17, 15) is 4.79 Å². The quantitative estimate of drug-likeness (QED) is 0.764. The zero-order valence-electron chi connectivity index (χ0n) is 11.2. The van der Waals surface area contributed by atoms with Crippen molar-refractivity contribution < 1.29 is 4.79 Å². The minimum Gasteiger partial charge on any atom is -0.356 e. The second kappa shape index (κ2) is 6.58. The predicted octanol–water partition coefficient (Wildman–Crippen LogP) is 3.41. The summed E-state index contributed by atoms with van der Waals surface area (Å²) in [6.45, 7) is 2.69. The first-order chi connectivity index (χ1) is 8.81. The number of carbonyl (C=O) groups is 1. The van der Waals surface area contributed by atoms with Crippen molar-refractivity contribution in [3.63, 3.8) is 0 Å². The zero-order chi connectivity index (χ0) is 12.8. The number of amides is 1. The molecule has 1 saturated carbocycles. The van der Waals surface area contributed by atoms with Crippen LogP contribution in [0.25, 0.3) is 0 Å². The molecule has 0 heterocycles. The van der Waals surface area contributed by atoms with Crippen LogP contribution in [0.3, 0.4) is 0 Å². The van der Waals surface area contributed by atoms with Crippen LogP contribution in [0.1, 0.15) is 56.1 Å². The predicted molar refractivity (Wildman–Crippen MR) is 74.7 cm³/mol. The van der Waals surface area contributed by atoms with E-state index in [1.165, 1.54) is 24.8 Å². The molecule has 2 rings (SSSR count). The summed E-state index contributed by atoms with van der Waals surface area (Å²) in [5, 5.41) is 2.94. The van der Waals surface area contributed by atoms with Gasteiger partial charge in [-0.25, -0.2) is 0 Å². The summed E-state index contributed by atoms with van der Waals surface area (Å²) in [5.41, 5.74) is 3.03. The van der Waals surface area contributed by atoms with Crippen LogP contribution < -0.4 is 5.32 Å². The highest BCUT2D eigenvalue weighted by atomic mass is 16.1. The maximum absolute atomic E-state index is 11.1. The minimum absolute atomic E-state index is 0.155. The summed E-state index contributed by atoms with van der Waals surface area (Å²) in [5.74, 6) is 0.953. The summed E-state index contributed by atoms with van der Waals surface area (Å²) < 4.78 is 0. The minimum atomic E-state index is 0.155. The lowest BCUT2D eigenvalue weighted by Gasteiger charge is -2.28. The summed E-state index contributed by atoms with van der Waals surface area (Å²) in [7, 11) is 0. The second-order valence-electron chi connectivity index (χ2n) is 5.13. The van der Waals surface area contributed by atoms with E-state index < -0.39 is 0 Å². The standard InChI is InChI=1S/C16H23NO/c1-2-16(18)17-12-6-10-13-7-3-4-11-15(13)14-8-5-9-14/h3-4,7,11,14H,2,5-6,8-10,12H2,1H3,(H,17,18). The fourth-order valence-corrected chi connectivity index (χ4v) is 2.51. The molecule has 2 heteroatoms. The Balaban J connectivity index is 1.83. The largest absolute Gasteiger partial charge is 0.356 e. The molecule has 98 valence electrons. The molecular formula is C16H23NO. The fraction of sp³-hybridized carbons (Fsp3) is 0.562. The molecule has 0 aromatic heterocycles. The van der Waals surface area contributed by atoms with E-state index >= 15 is 0 Å². The lowest BCUT2D eigenvalue weighted by Crippen LogP contribution is -2.23. The highest BCUT2D eigenvalue weighted by Crippen LogP contribution is 2.38. The monoisotopic (exact) mass is 245 g/mol. The smallest absolute Gasteiger partial charge is 0.219 e. The summed E-state index contributed by atoms with van der Waals surface area (Å²) in [4.78, 5) is 11.1. The molecule has 0 saturated heterocycles. The second-order valence-corrected chi connectivity index (χ2v) is 5.13. The van der Waals surface area contributed by atoms with Gasteiger partial charge in [-0.3, -0.25) is 4.79 Å². The van der Waals surface area contributed by atoms with E-state index in [1.807, 2.05) is 6.92 Å². The maximum Gasteiger partial charge on any atom is 0.219 e. The third-order valence-corrected chi connectivity index (χ3v) is 3.87. The van der Waals surface area contributed by atoms with Crippen LogP contribution in [0.15, 0.2) is 24.3 Å². The average Bonchev–Trinajstić information content (AvgIpc) is 2.34. The zero-order valence-corrected chi connectivity index (χ0v) is 11.2. The molecule has 18 heavy (non-hydrogen) atoms. The highest BCUT2D eigenvalue weighted by molar-refractivity contribution is 5.75. The van der Waals surface area contributed by atoms with E-state index in [-0.39, 0.29) is 5.91 Å². The first kappa shape index (κ1) is 13.1. The van der Waals surface area contributed by atoms with Crippen LogP contribution in [-0.2, 0) is 11.2 Å². The molecule has 1 aliphatic rings. The van der Waals surface area contributed by atoms with Gasteiger partial charge in [-0.1, -0.05) is 37.6 Å². The topological polar surface area (TPSA) is 29.1 Å². The van der Waals surface area contributed by atoms with E-state index in [0.717, 1.165) is 25.3 Å². The molecule has 0 bridgehead atoms. The van der Waals surface area contributed by atoms with Gasteiger partial charge in [0.25, 0.3) is 0 Å². The molecule has 0 aliphatic heterocycles. The van der Waals surface area contributed by atoms with Crippen molar-refractivity contribution in [1.29, 1.82) is 0 Å². The molecule has 0 atom stereocenters. The van der Waals surface area contributed by atoms with E-state index in [2.05, 4.69) is 29.6 Å². The molecular weight excluding hydrogens is 222 g/mol. The number of hydrogen-bond acceptors (Lipinski definition) is 1. The van der Waals surface area contributed by atoms with E-state index in [4.69, 9.17) is 0 Å². The SMILES string of the molecule is CCC(=O)NCCCc1ccccc1C1CCC1. The first-order valence-corrected chi connectivity index (χ1v) is 7.15. The molecule has 0 spiro atoms. The van der Waals surface area contributed by atoms with Crippen LogP contribution >= 0.6 is 0 Å². The van der Waals surface area contributed by atoms with Gasteiger partial charge in [-0.15, -0.1) is 0 Å². The molecule has 1 fully saturated rings. The van der Waals surface area contributed by atoms with E-state index in [0.29, 0.717) is 6.42 Å². The van der Waals surface area contributed by atoms with Gasteiger partial charge >= 0.3 is 0 Å². The van der Waals surface area contributed by atoms with Gasteiger partial charge in [0.2, 0.25) is 5.91 Å². The molecule has 1 amide bonds. The summed E-state index contributed by atoms with van der Waals surface area (Å²) >= 11 is 0. The van der Waals surface area contributed by atoms with Crippen molar-refractivity contribution >= 4 is 5.91 Å². The van der Waals surface area contributed by atoms with Gasteiger partial charge in [0.05, 0.1) is 0 Å². The van der Waals surface area contributed by atoms with Gasteiger partial charge in [-0.05, 0) is 42.7 Å². The third kappa shape index (κ3) is 3.34. The molecule has 0 unspecified atom stereocenters. The van der Waals surface area contributed by atoms with Gasteiger partial charge in [-0.2, -0.15) is 0 Å². The number of carbonyl (C=O) groups excluding carboxylic acids is 1. The van der Waals surface area contributed by atoms with Gasteiger partial charge in [0.1, 0.15) is 0 Å². The fourth-order valence-electron chi connectivity index (χ4n) is 2.51. The number of nitrogens with one attached hydrogen (secondary N) is 1. The van der Waals surface area contributed by atoms with Crippen LogP contribution in [-0.4, -0.2) is 12.5 Å². The van der Waals surface area contributed by atoms with Crippen LogP contribution in [0, 0.1) is 0 Å². The van der Waals surface area contributed by atoms with Crippen molar-refractivity contribution in [1.82, 2.24) is 5.32 Å². The van der Waals surface area contributed by atoms with Gasteiger partial charge < -0.3 is 5.32 Å². The first-order valence-electron chi connectivity index (χ1n) is 7.15. The molecule has 1 aromatic carbocycles. The van der Waals surface area contributed by atoms with Crippen molar-refractivity contribution in [2.75, 3.05) is 6.54 Å². The van der Waals surface area contributed by atoms with Crippen LogP contribution in [0.5, 0.6) is 0 Å². The molecule has 1 aromatic rings. The molecule has 1 N–H and O–H groups in total. The van der Waals surface area contributed by atoms with Crippen molar-refractivity contribution in [3.8, 4) is 0 Å². The normalized spacial score (nSPS) is 15.2.